The second-order valence-electron chi connectivity index (χ2n) is 6.23. The van der Waals surface area contributed by atoms with Gasteiger partial charge in [0.2, 0.25) is 0 Å². The number of epoxide rings is 1. The van der Waals surface area contributed by atoms with Gasteiger partial charge in [0.15, 0.2) is 5.60 Å². The SMILES string of the molecule is C[C@@H]1CCN(C(=O)C2(C)CO2)C[C@@H]1c1ccc(O)cc1. The Labute approximate surface area is 119 Å². The van der Waals surface area contributed by atoms with Crippen LogP contribution in [0.25, 0.3) is 0 Å². The van der Waals surface area contributed by atoms with Gasteiger partial charge in [-0.1, -0.05) is 19.1 Å². The van der Waals surface area contributed by atoms with Gasteiger partial charge in [0.05, 0.1) is 6.61 Å². The standard InChI is InChI=1S/C16H21NO3/c1-11-7-8-17(15(19)16(2)10-20-16)9-14(11)12-3-5-13(18)6-4-12/h3-6,11,14,18H,7-10H2,1-2H3/t11-,14+,16?/m1/s1. The molecule has 3 rings (SSSR count). The van der Waals surface area contributed by atoms with Gasteiger partial charge in [-0.25, -0.2) is 0 Å². The zero-order valence-electron chi connectivity index (χ0n) is 12.0. The molecule has 2 heterocycles. The quantitative estimate of drug-likeness (QED) is 0.841. The molecule has 2 saturated heterocycles. The van der Waals surface area contributed by atoms with Gasteiger partial charge in [-0.15, -0.1) is 0 Å². The monoisotopic (exact) mass is 275 g/mol. The molecule has 1 unspecified atom stereocenters. The molecular weight excluding hydrogens is 254 g/mol. The number of rotatable bonds is 2. The maximum atomic E-state index is 12.4. The van der Waals surface area contributed by atoms with Crippen molar-refractivity contribution in [3.05, 3.63) is 29.8 Å². The van der Waals surface area contributed by atoms with Crippen LogP contribution in [0.2, 0.25) is 0 Å². The molecule has 0 saturated carbocycles. The lowest BCUT2D eigenvalue weighted by Crippen LogP contribution is -2.47. The molecular formula is C16H21NO3. The molecule has 1 aromatic carbocycles. The Kier molecular flexibility index (Phi) is 3.21. The Bertz CT molecular complexity index is 507. The lowest BCUT2D eigenvalue weighted by atomic mass is 9.81. The van der Waals surface area contributed by atoms with E-state index in [4.69, 9.17) is 4.74 Å². The highest BCUT2D eigenvalue weighted by Crippen LogP contribution is 2.36. The zero-order chi connectivity index (χ0) is 14.3. The van der Waals surface area contributed by atoms with E-state index in [1.165, 1.54) is 5.56 Å². The Morgan fingerprint density at radius 3 is 2.65 bits per heavy atom. The topological polar surface area (TPSA) is 53.1 Å². The molecule has 0 aromatic heterocycles. The second-order valence-corrected chi connectivity index (χ2v) is 6.23. The summed E-state index contributed by atoms with van der Waals surface area (Å²) in [6.07, 6.45) is 1.01. The smallest absolute Gasteiger partial charge is 0.256 e. The number of likely N-dealkylation sites (tertiary alicyclic amines) is 1. The largest absolute Gasteiger partial charge is 0.508 e. The Morgan fingerprint density at radius 2 is 2.05 bits per heavy atom. The summed E-state index contributed by atoms with van der Waals surface area (Å²) in [7, 11) is 0. The number of aromatic hydroxyl groups is 1. The number of ether oxygens (including phenoxy) is 1. The third-order valence-electron chi connectivity index (χ3n) is 4.60. The van der Waals surface area contributed by atoms with E-state index in [0.717, 1.165) is 19.5 Å². The summed E-state index contributed by atoms with van der Waals surface area (Å²) in [6.45, 7) is 6.19. The third kappa shape index (κ3) is 2.40. The average molecular weight is 275 g/mol. The van der Waals surface area contributed by atoms with Crippen LogP contribution in [-0.4, -0.2) is 41.2 Å². The lowest BCUT2D eigenvalue weighted by Gasteiger charge is -2.38. The highest BCUT2D eigenvalue weighted by molar-refractivity contribution is 5.87. The summed E-state index contributed by atoms with van der Waals surface area (Å²) in [5.41, 5.74) is 0.620. The van der Waals surface area contributed by atoms with Crippen molar-refractivity contribution in [3.8, 4) is 5.75 Å². The maximum absolute atomic E-state index is 12.4. The summed E-state index contributed by atoms with van der Waals surface area (Å²) < 4.78 is 5.27. The first kappa shape index (κ1) is 13.4. The van der Waals surface area contributed by atoms with Gasteiger partial charge in [0.25, 0.3) is 5.91 Å². The van der Waals surface area contributed by atoms with E-state index in [-0.39, 0.29) is 11.7 Å². The van der Waals surface area contributed by atoms with Gasteiger partial charge in [-0.3, -0.25) is 4.79 Å². The predicted octanol–water partition coefficient (Wildman–Crippen LogP) is 2.13. The van der Waals surface area contributed by atoms with Crippen molar-refractivity contribution in [1.82, 2.24) is 4.90 Å². The van der Waals surface area contributed by atoms with Gasteiger partial charge in [-0.2, -0.15) is 0 Å². The molecule has 0 aliphatic carbocycles. The number of phenolic OH excluding ortho intramolecular Hbond substituents is 1. The van der Waals surface area contributed by atoms with E-state index in [0.29, 0.717) is 18.4 Å². The molecule has 1 amide bonds. The Balaban J connectivity index is 1.76. The summed E-state index contributed by atoms with van der Waals surface area (Å²) in [5, 5.41) is 9.40. The van der Waals surface area contributed by atoms with E-state index in [2.05, 4.69) is 6.92 Å². The van der Waals surface area contributed by atoms with Gasteiger partial charge in [-0.05, 0) is 37.0 Å². The van der Waals surface area contributed by atoms with Gasteiger partial charge >= 0.3 is 0 Å². The molecule has 0 bridgehead atoms. The van der Waals surface area contributed by atoms with E-state index in [1.807, 2.05) is 24.0 Å². The van der Waals surface area contributed by atoms with Crippen molar-refractivity contribution in [2.75, 3.05) is 19.7 Å². The molecule has 0 spiro atoms. The number of hydrogen-bond donors (Lipinski definition) is 1. The van der Waals surface area contributed by atoms with Gasteiger partial charge in [0.1, 0.15) is 5.75 Å². The minimum atomic E-state index is -0.569. The molecule has 2 fully saturated rings. The molecule has 108 valence electrons. The van der Waals surface area contributed by atoms with Crippen molar-refractivity contribution >= 4 is 5.91 Å². The Morgan fingerprint density at radius 1 is 1.40 bits per heavy atom. The molecule has 4 heteroatoms. The minimum absolute atomic E-state index is 0.119. The zero-order valence-corrected chi connectivity index (χ0v) is 12.0. The highest BCUT2D eigenvalue weighted by Gasteiger charge is 2.50. The van der Waals surface area contributed by atoms with E-state index < -0.39 is 5.60 Å². The first-order valence-corrected chi connectivity index (χ1v) is 7.22. The summed E-state index contributed by atoms with van der Waals surface area (Å²) in [6, 6.07) is 7.35. The molecule has 2 aliphatic heterocycles. The van der Waals surface area contributed by atoms with Crippen LogP contribution in [0.5, 0.6) is 5.75 Å². The van der Waals surface area contributed by atoms with Crippen molar-refractivity contribution in [2.45, 2.75) is 31.8 Å². The van der Waals surface area contributed by atoms with Crippen LogP contribution in [0.15, 0.2) is 24.3 Å². The van der Waals surface area contributed by atoms with Crippen LogP contribution in [0.3, 0.4) is 0 Å². The fraction of sp³-hybridized carbons (Fsp3) is 0.562. The van der Waals surface area contributed by atoms with Crippen molar-refractivity contribution in [2.24, 2.45) is 5.92 Å². The fourth-order valence-corrected chi connectivity index (χ4v) is 2.98. The molecule has 1 N–H and O–H groups in total. The average Bonchev–Trinajstić information content (AvgIpc) is 3.19. The number of hydrogen-bond acceptors (Lipinski definition) is 3. The normalized spacial score (nSPS) is 33.0. The minimum Gasteiger partial charge on any atom is -0.508 e. The number of amides is 1. The maximum Gasteiger partial charge on any atom is 0.256 e. The predicted molar refractivity (Wildman–Crippen MR) is 75.6 cm³/mol. The van der Waals surface area contributed by atoms with Crippen LogP contribution in [0.4, 0.5) is 0 Å². The summed E-state index contributed by atoms with van der Waals surface area (Å²) in [4.78, 5) is 14.3. The first-order chi connectivity index (χ1) is 9.49. The van der Waals surface area contributed by atoms with Crippen molar-refractivity contribution in [1.29, 1.82) is 0 Å². The van der Waals surface area contributed by atoms with Gasteiger partial charge < -0.3 is 14.7 Å². The van der Waals surface area contributed by atoms with Crippen LogP contribution in [0, 0.1) is 5.92 Å². The number of nitrogens with zero attached hydrogens (tertiary/aromatic N) is 1. The van der Waals surface area contributed by atoms with Gasteiger partial charge in [0, 0.05) is 19.0 Å². The van der Waals surface area contributed by atoms with E-state index in [9.17, 15) is 9.90 Å². The third-order valence-corrected chi connectivity index (χ3v) is 4.60. The van der Waals surface area contributed by atoms with E-state index >= 15 is 0 Å². The lowest BCUT2D eigenvalue weighted by molar-refractivity contribution is -0.138. The number of phenols is 1. The number of carbonyl (C=O) groups excluding carboxylic acids is 1. The Hall–Kier alpha value is -1.55. The molecule has 20 heavy (non-hydrogen) atoms. The van der Waals surface area contributed by atoms with Crippen LogP contribution < -0.4 is 0 Å². The molecule has 4 nitrogen and oxygen atoms in total. The summed E-state index contributed by atoms with van der Waals surface area (Å²) >= 11 is 0. The molecule has 2 aliphatic rings. The number of carbonyl (C=O) groups is 1. The molecule has 1 aromatic rings. The highest BCUT2D eigenvalue weighted by atomic mass is 16.6. The number of piperidine rings is 1. The van der Waals surface area contributed by atoms with Crippen molar-refractivity contribution < 1.29 is 14.6 Å². The van der Waals surface area contributed by atoms with Crippen LogP contribution >= 0.6 is 0 Å². The molecule has 3 atom stereocenters. The number of benzene rings is 1. The van der Waals surface area contributed by atoms with Crippen LogP contribution in [0.1, 0.15) is 31.7 Å². The van der Waals surface area contributed by atoms with Crippen molar-refractivity contribution in [3.63, 3.8) is 0 Å². The first-order valence-electron chi connectivity index (χ1n) is 7.22. The van der Waals surface area contributed by atoms with E-state index in [1.54, 1.807) is 12.1 Å². The fourth-order valence-electron chi connectivity index (χ4n) is 2.98. The van der Waals surface area contributed by atoms with Crippen LogP contribution in [-0.2, 0) is 9.53 Å². The molecule has 0 radical (unpaired) electrons. The summed E-state index contributed by atoms with van der Waals surface area (Å²) in [5.74, 6) is 1.27. The second kappa shape index (κ2) is 4.77.